The van der Waals surface area contributed by atoms with Crippen molar-refractivity contribution >= 4 is 17.3 Å². The van der Waals surface area contributed by atoms with Gasteiger partial charge >= 0.3 is 0 Å². The van der Waals surface area contributed by atoms with Crippen LogP contribution < -0.4 is 5.32 Å². The summed E-state index contributed by atoms with van der Waals surface area (Å²) in [5.41, 5.74) is 6.94. The number of benzene rings is 2. The largest absolute Gasteiger partial charge is 0.319 e. The van der Waals surface area contributed by atoms with Crippen LogP contribution in [0.1, 0.15) is 28.7 Å². The molecule has 0 radical (unpaired) electrons. The van der Waals surface area contributed by atoms with Gasteiger partial charge in [0.2, 0.25) is 0 Å². The molecule has 2 aromatic carbocycles. The molecule has 0 saturated heterocycles. The zero-order valence-corrected chi connectivity index (χ0v) is 13.5. The maximum atomic E-state index is 3.23. The third kappa shape index (κ3) is 3.07. The van der Waals surface area contributed by atoms with E-state index in [0.29, 0.717) is 0 Å². The van der Waals surface area contributed by atoms with E-state index < -0.39 is 0 Å². The van der Waals surface area contributed by atoms with Gasteiger partial charge in [-0.1, -0.05) is 48.0 Å². The Bertz CT molecular complexity index is 673. The minimum atomic E-state index is 1.01. The van der Waals surface area contributed by atoms with Crippen molar-refractivity contribution in [2.45, 2.75) is 24.0 Å². The van der Waals surface area contributed by atoms with Crippen LogP contribution in [0.15, 0.2) is 53.4 Å². The lowest BCUT2D eigenvalue weighted by Gasteiger charge is -2.12. The molecule has 2 heteroatoms. The van der Waals surface area contributed by atoms with Crippen molar-refractivity contribution in [1.29, 1.82) is 0 Å². The molecule has 0 bridgehead atoms. The van der Waals surface area contributed by atoms with Crippen LogP contribution in [0.4, 0.5) is 0 Å². The summed E-state index contributed by atoms with van der Waals surface area (Å²) in [5.74, 6) is 1.05. The third-order valence-corrected chi connectivity index (χ3v) is 4.98. The fraction of sp³-hybridized carbons (Fsp3) is 0.263. The lowest BCUT2D eigenvalue weighted by atomic mass is 9.93. The van der Waals surface area contributed by atoms with Gasteiger partial charge in [0.05, 0.1) is 0 Å². The summed E-state index contributed by atoms with van der Waals surface area (Å²) < 4.78 is 0. The smallest absolute Gasteiger partial charge is 0.0238 e. The first kappa shape index (κ1) is 14.4. The molecule has 1 N–H and O–H groups in total. The Kier molecular flexibility index (Phi) is 4.47. The van der Waals surface area contributed by atoms with Gasteiger partial charge in [0.15, 0.2) is 0 Å². The van der Waals surface area contributed by atoms with E-state index in [1.54, 1.807) is 0 Å². The van der Waals surface area contributed by atoms with Gasteiger partial charge in [-0.15, -0.1) is 11.8 Å². The number of rotatable bonds is 3. The minimum Gasteiger partial charge on any atom is -0.319 e. The number of nitrogens with one attached hydrogen (secondary N) is 1. The second-order valence-corrected chi connectivity index (χ2v) is 6.47. The maximum Gasteiger partial charge on any atom is 0.0238 e. The van der Waals surface area contributed by atoms with Gasteiger partial charge in [0.25, 0.3) is 0 Å². The third-order valence-electron chi connectivity index (χ3n) is 3.86. The van der Waals surface area contributed by atoms with Crippen LogP contribution in [-0.4, -0.2) is 13.6 Å². The van der Waals surface area contributed by atoms with Crippen molar-refractivity contribution in [3.05, 3.63) is 70.8 Å². The normalized spacial score (nSPS) is 15.4. The average molecular weight is 295 g/mol. The molecule has 0 spiro atoms. The standard InChI is InChI=1S/C19H21NS/c1-14-9-10-19-18(12-14)17(8-5-11-20-2)16-7-4-3-6-15(16)13-21-19/h3-4,6-10,12,20H,5,11,13H2,1-2H3/b17-8+. The number of hydrogen-bond donors (Lipinski definition) is 1. The van der Waals surface area contributed by atoms with E-state index in [4.69, 9.17) is 0 Å². The minimum absolute atomic E-state index is 1.01. The zero-order valence-electron chi connectivity index (χ0n) is 12.6. The predicted molar refractivity (Wildman–Crippen MR) is 92.8 cm³/mol. The van der Waals surface area contributed by atoms with Gasteiger partial charge < -0.3 is 5.32 Å². The molecule has 3 rings (SSSR count). The molecular formula is C19H21NS. The predicted octanol–water partition coefficient (Wildman–Crippen LogP) is 4.64. The molecule has 0 amide bonds. The van der Waals surface area contributed by atoms with E-state index in [1.165, 1.54) is 32.7 Å². The van der Waals surface area contributed by atoms with Crippen molar-refractivity contribution in [3.8, 4) is 0 Å². The molecule has 21 heavy (non-hydrogen) atoms. The molecule has 1 nitrogen and oxygen atoms in total. The second-order valence-electron chi connectivity index (χ2n) is 5.46. The van der Waals surface area contributed by atoms with Crippen molar-refractivity contribution in [1.82, 2.24) is 5.32 Å². The Morgan fingerprint density at radius 3 is 2.86 bits per heavy atom. The van der Waals surface area contributed by atoms with Crippen molar-refractivity contribution in [3.63, 3.8) is 0 Å². The monoisotopic (exact) mass is 295 g/mol. The Balaban J connectivity index is 2.14. The van der Waals surface area contributed by atoms with Crippen LogP contribution >= 0.6 is 11.8 Å². The molecule has 0 unspecified atom stereocenters. The molecule has 2 aromatic rings. The topological polar surface area (TPSA) is 12.0 Å². The number of thioether (sulfide) groups is 1. The Labute approximate surface area is 131 Å². The summed E-state index contributed by atoms with van der Waals surface area (Å²) in [6, 6.07) is 15.6. The number of hydrogen-bond acceptors (Lipinski definition) is 2. The van der Waals surface area contributed by atoms with E-state index >= 15 is 0 Å². The Morgan fingerprint density at radius 1 is 1.14 bits per heavy atom. The van der Waals surface area contributed by atoms with Crippen LogP contribution in [0.3, 0.4) is 0 Å². The van der Waals surface area contributed by atoms with Crippen LogP contribution in [0, 0.1) is 6.92 Å². The van der Waals surface area contributed by atoms with E-state index in [1.807, 2.05) is 18.8 Å². The summed E-state index contributed by atoms with van der Waals surface area (Å²) in [6.07, 6.45) is 3.44. The number of aryl methyl sites for hydroxylation is 1. The van der Waals surface area contributed by atoms with Crippen molar-refractivity contribution in [2.75, 3.05) is 13.6 Å². The summed E-state index contributed by atoms with van der Waals surface area (Å²) in [7, 11) is 2.01. The first-order valence-electron chi connectivity index (χ1n) is 7.46. The van der Waals surface area contributed by atoms with Gasteiger partial charge in [-0.25, -0.2) is 0 Å². The average Bonchev–Trinajstić information content (AvgIpc) is 2.65. The molecule has 0 saturated carbocycles. The molecule has 1 aliphatic heterocycles. The fourth-order valence-corrected chi connectivity index (χ4v) is 3.82. The molecule has 0 aromatic heterocycles. The van der Waals surface area contributed by atoms with Crippen LogP contribution in [-0.2, 0) is 5.75 Å². The summed E-state index contributed by atoms with van der Waals surface area (Å²) >= 11 is 1.95. The zero-order chi connectivity index (χ0) is 14.7. The second kappa shape index (κ2) is 6.50. The van der Waals surface area contributed by atoms with Gasteiger partial charge in [0, 0.05) is 10.6 Å². The van der Waals surface area contributed by atoms with Crippen molar-refractivity contribution < 1.29 is 0 Å². The van der Waals surface area contributed by atoms with Gasteiger partial charge in [-0.05, 0) is 55.3 Å². The highest BCUT2D eigenvalue weighted by molar-refractivity contribution is 7.98. The molecule has 0 aliphatic carbocycles. The number of fused-ring (bicyclic) bond motifs is 2. The molecule has 1 aliphatic rings. The highest BCUT2D eigenvalue weighted by Gasteiger charge is 2.17. The lowest BCUT2D eigenvalue weighted by Crippen LogP contribution is -2.06. The fourth-order valence-electron chi connectivity index (χ4n) is 2.77. The molecule has 0 atom stereocenters. The molecule has 108 valence electrons. The highest BCUT2D eigenvalue weighted by Crippen LogP contribution is 2.40. The van der Waals surface area contributed by atoms with Gasteiger partial charge in [-0.3, -0.25) is 0 Å². The van der Waals surface area contributed by atoms with Gasteiger partial charge in [-0.2, -0.15) is 0 Å². The summed E-state index contributed by atoms with van der Waals surface area (Å²) in [4.78, 5) is 1.40. The van der Waals surface area contributed by atoms with E-state index in [9.17, 15) is 0 Å². The highest BCUT2D eigenvalue weighted by atomic mass is 32.2. The molecular weight excluding hydrogens is 274 g/mol. The van der Waals surface area contributed by atoms with Crippen molar-refractivity contribution in [2.24, 2.45) is 0 Å². The Hall–Kier alpha value is -1.51. The van der Waals surface area contributed by atoms with Crippen LogP contribution in [0.25, 0.3) is 5.57 Å². The lowest BCUT2D eigenvalue weighted by molar-refractivity contribution is 0.808. The maximum absolute atomic E-state index is 3.23. The van der Waals surface area contributed by atoms with E-state index in [0.717, 1.165) is 18.7 Å². The summed E-state index contributed by atoms with van der Waals surface area (Å²) in [6.45, 7) is 3.19. The molecule has 1 heterocycles. The van der Waals surface area contributed by atoms with Crippen LogP contribution in [0.5, 0.6) is 0 Å². The first-order chi connectivity index (χ1) is 10.3. The quantitative estimate of drug-likeness (QED) is 0.828. The SMILES string of the molecule is CNCC/C=C1\c2ccccc2CSc2ccc(C)cc21. The summed E-state index contributed by atoms with van der Waals surface area (Å²) in [5, 5.41) is 3.23. The van der Waals surface area contributed by atoms with Gasteiger partial charge in [0.1, 0.15) is 0 Å². The van der Waals surface area contributed by atoms with E-state index in [2.05, 4.69) is 60.8 Å². The van der Waals surface area contributed by atoms with E-state index in [-0.39, 0.29) is 0 Å². The van der Waals surface area contributed by atoms with Crippen LogP contribution in [0.2, 0.25) is 0 Å². The Morgan fingerprint density at radius 2 is 2.00 bits per heavy atom. The molecule has 0 fully saturated rings. The first-order valence-corrected chi connectivity index (χ1v) is 8.45.